The number of pyridine rings is 2. The minimum atomic E-state index is -0.315. The predicted octanol–water partition coefficient (Wildman–Crippen LogP) is 6.35. The molecule has 5 rings (SSSR count). The van der Waals surface area contributed by atoms with Gasteiger partial charge in [0.2, 0.25) is 0 Å². The van der Waals surface area contributed by atoms with Crippen molar-refractivity contribution in [2.24, 2.45) is 0 Å². The van der Waals surface area contributed by atoms with E-state index in [4.69, 9.17) is 16.3 Å². The van der Waals surface area contributed by atoms with Crippen LogP contribution in [-0.4, -0.2) is 53.4 Å². The predicted molar refractivity (Wildman–Crippen MR) is 168 cm³/mol. The molecule has 1 amide bonds. The molecule has 43 heavy (non-hydrogen) atoms. The summed E-state index contributed by atoms with van der Waals surface area (Å²) in [5, 5.41) is 13.5. The second-order valence-corrected chi connectivity index (χ2v) is 10.7. The average molecular weight is 592 g/mol. The number of hydrogen-bond acceptors (Lipinski definition) is 7. The third-order valence-electron chi connectivity index (χ3n) is 7.46. The van der Waals surface area contributed by atoms with Gasteiger partial charge in [-0.05, 0) is 78.1 Å². The fourth-order valence-electron chi connectivity index (χ4n) is 5.01. The molecule has 1 aliphatic rings. The van der Waals surface area contributed by atoms with Crippen LogP contribution in [0.2, 0.25) is 5.02 Å². The first-order chi connectivity index (χ1) is 20.9. The number of hydrogen-bond donors (Lipinski definition) is 1. The van der Waals surface area contributed by atoms with E-state index in [1.54, 1.807) is 42.7 Å². The molecular formula is C34H30ClN5O3. The van der Waals surface area contributed by atoms with Crippen LogP contribution in [0.4, 0.5) is 5.69 Å². The number of amides is 1. The van der Waals surface area contributed by atoms with E-state index in [9.17, 15) is 14.9 Å². The number of anilines is 1. The van der Waals surface area contributed by atoms with Gasteiger partial charge in [0, 0.05) is 53.9 Å². The lowest BCUT2D eigenvalue weighted by molar-refractivity contribution is 0.0341. The fraction of sp³-hybridized carbons (Fsp3) is 0.206. The number of aldehydes is 1. The summed E-state index contributed by atoms with van der Waals surface area (Å²) < 4.78 is 5.41. The molecule has 1 saturated heterocycles. The van der Waals surface area contributed by atoms with E-state index in [1.165, 1.54) is 0 Å². The number of nitrogens with one attached hydrogen (secondary N) is 1. The Morgan fingerprint density at radius 2 is 1.88 bits per heavy atom. The van der Waals surface area contributed by atoms with Crippen LogP contribution in [0.1, 0.15) is 54.4 Å². The van der Waals surface area contributed by atoms with Crippen molar-refractivity contribution in [1.82, 2.24) is 14.9 Å². The van der Waals surface area contributed by atoms with Crippen molar-refractivity contribution in [3.63, 3.8) is 0 Å². The number of carbonyl (C=O) groups is 2. The molecule has 2 aromatic carbocycles. The summed E-state index contributed by atoms with van der Waals surface area (Å²) in [6, 6.07) is 16.8. The van der Waals surface area contributed by atoms with Crippen LogP contribution < -0.4 is 5.32 Å². The minimum absolute atomic E-state index is 0.315. The SMILES string of the molecule is Cc1cc(/C=C/c2nccc(-c3cccc(NC(=O)c4ccc(CN5CCOCC5)cn4)c3C)c2C#N)c(Cl)cc1C=O. The number of ether oxygens (including phenoxy) is 1. The first-order valence-electron chi connectivity index (χ1n) is 13.9. The summed E-state index contributed by atoms with van der Waals surface area (Å²) in [5.41, 5.74) is 7.18. The van der Waals surface area contributed by atoms with Crippen LogP contribution in [-0.2, 0) is 11.3 Å². The van der Waals surface area contributed by atoms with E-state index in [1.807, 2.05) is 44.2 Å². The van der Waals surface area contributed by atoms with Gasteiger partial charge in [-0.25, -0.2) is 0 Å². The van der Waals surface area contributed by atoms with Crippen LogP contribution in [0.15, 0.2) is 60.9 Å². The molecular weight excluding hydrogens is 562 g/mol. The molecule has 1 aliphatic heterocycles. The minimum Gasteiger partial charge on any atom is -0.379 e. The Balaban J connectivity index is 1.37. The van der Waals surface area contributed by atoms with E-state index in [-0.39, 0.29) is 5.91 Å². The van der Waals surface area contributed by atoms with E-state index in [0.717, 1.165) is 61.4 Å². The van der Waals surface area contributed by atoms with E-state index < -0.39 is 0 Å². The number of nitriles is 1. The number of halogens is 1. The van der Waals surface area contributed by atoms with Crippen molar-refractivity contribution < 1.29 is 14.3 Å². The topological polar surface area (TPSA) is 108 Å². The van der Waals surface area contributed by atoms with Crippen LogP contribution in [0.3, 0.4) is 0 Å². The lowest BCUT2D eigenvalue weighted by Gasteiger charge is -2.26. The van der Waals surface area contributed by atoms with Crippen LogP contribution in [0, 0.1) is 25.2 Å². The zero-order chi connectivity index (χ0) is 30.3. The molecule has 0 atom stereocenters. The summed E-state index contributed by atoms with van der Waals surface area (Å²) in [4.78, 5) is 35.5. The van der Waals surface area contributed by atoms with Gasteiger partial charge in [0.1, 0.15) is 18.0 Å². The zero-order valence-corrected chi connectivity index (χ0v) is 24.7. The first kappa shape index (κ1) is 29.8. The number of aryl methyl sites for hydroxylation is 1. The van der Waals surface area contributed by atoms with Crippen LogP contribution in [0.25, 0.3) is 23.3 Å². The molecule has 1 N–H and O–H groups in total. The standard InChI is InChI=1S/C34H30ClN5O3/c1-22-16-25(30(35)17-26(22)21-41)7-9-32-29(18-36)28(10-11-37-32)27-4-3-5-31(23(27)2)39-34(42)33-8-6-24(19-38-33)20-40-12-14-43-15-13-40/h3-11,16-17,19,21H,12-15,20H2,1-2H3,(H,39,42)/b9-7+. The number of nitrogens with zero attached hydrogens (tertiary/aromatic N) is 4. The number of rotatable bonds is 8. The summed E-state index contributed by atoms with van der Waals surface area (Å²) in [6.07, 6.45) is 7.67. The smallest absolute Gasteiger partial charge is 0.274 e. The monoisotopic (exact) mass is 591 g/mol. The van der Waals surface area contributed by atoms with Crippen molar-refractivity contribution >= 4 is 41.6 Å². The molecule has 1 fully saturated rings. The highest BCUT2D eigenvalue weighted by Gasteiger charge is 2.17. The lowest BCUT2D eigenvalue weighted by atomic mass is 9.94. The number of aromatic nitrogens is 2. The molecule has 3 heterocycles. The van der Waals surface area contributed by atoms with Gasteiger partial charge < -0.3 is 10.1 Å². The molecule has 9 heteroatoms. The molecule has 8 nitrogen and oxygen atoms in total. The Hall–Kier alpha value is -4.68. The first-order valence-corrected chi connectivity index (χ1v) is 14.2. The normalized spacial score (nSPS) is 13.5. The van der Waals surface area contributed by atoms with E-state index >= 15 is 0 Å². The van der Waals surface area contributed by atoms with Crippen molar-refractivity contribution in [3.8, 4) is 17.2 Å². The van der Waals surface area contributed by atoms with Crippen molar-refractivity contribution in [2.45, 2.75) is 20.4 Å². The molecule has 216 valence electrons. The maximum atomic E-state index is 13.1. The maximum Gasteiger partial charge on any atom is 0.274 e. The Morgan fingerprint density at radius 1 is 1.07 bits per heavy atom. The summed E-state index contributed by atoms with van der Waals surface area (Å²) >= 11 is 6.38. The number of benzene rings is 2. The molecule has 4 aromatic rings. The Labute approximate surface area is 255 Å². The van der Waals surface area contributed by atoms with Gasteiger partial charge in [-0.2, -0.15) is 5.26 Å². The van der Waals surface area contributed by atoms with Gasteiger partial charge in [0.25, 0.3) is 5.91 Å². The van der Waals surface area contributed by atoms with Crippen molar-refractivity contribution in [3.05, 3.63) is 111 Å². The average Bonchev–Trinajstić information content (AvgIpc) is 3.03. The highest BCUT2D eigenvalue weighted by molar-refractivity contribution is 6.32. The van der Waals surface area contributed by atoms with Gasteiger partial charge in [0.05, 0.1) is 24.5 Å². The molecule has 2 aromatic heterocycles. The Kier molecular flexibility index (Phi) is 9.38. The number of morpholine rings is 1. The van der Waals surface area contributed by atoms with Crippen LogP contribution in [0.5, 0.6) is 0 Å². The number of carbonyl (C=O) groups excluding carboxylic acids is 2. The summed E-state index contributed by atoms with van der Waals surface area (Å²) in [5.74, 6) is -0.315. The Morgan fingerprint density at radius 3 is 2.60 bits per heavy atom. The van der Waals surface area contributed by atoms with Crippen molar-refractivity contribution in [1.29, 1.82) is 5.26 Å². The van der Waals surface area contributed by atoms with Crippen molar-refractivity contribution in [2.75, 3.05) is 31.6 Å². The second kappa shape index (κ2) is 13.5. The Bertz CT molecular complexity index is 1740. The van der Waals surface area contributed by atoms with Crippen LogP contribution >= 0.6 is 11.6 Å². The fourth-order valence-corrected chi connectivity index (χ4v) is 5.24. The van der Waals surface area contributed by atoms with E-state index in [0.29, 0.717) is 44.4 Å². The van der Waals surface area contributed by atoms with Gasteiger partial charge in [0.15, 0.2) is 0 Å². The third kappa shape index (κ3) is 6.87. The zero-order valence-electron chi connectivity index (χ0n) is 23.9. The maximum absolute atomic E-state index is 13.1. The molecule has 0 aliphatic carbocycles. The molecule has 0 radical (unpaired) electrons. The highest BCUT2D eigenvalue weighted by atomic mass is 35.5. The molecule has 0 unspecified atom stereocenters. The quantitative estimate of drug-likeness (QED) is 0.238. The van der Waals surface area contributed by atoms with Gasteiger partial charge in [-0.15, -0.1) is 0 Å². The lowest BCUT2D eigenvalue weighted by Crippen LogP contribution is -2.35. The highest BCUT2D eigenvalue weighted by Crippen LogP contribution is 2.32. The second-order valence-electron chi connectivity index (χ2n) is 10.3. The largest absolute Gasteiger partial charge is 0.379 e. The van der Waals surface area contributed by atoms with Gasteiger partial charge >= 0.3 is 0 Å². The van der Waals surface area contributed by atoms with E-state index in [2.05, 4.69) is 26.3 Å². The summed E-state index contributed by atoms with van der Waals surface area (Å²) in [7, 11) is 0. The van der Waals surface area contributed by atoms with Gasteiger partial charge in [-0.1, -0.05) is 35.9 Å². The van der Waals surface area contributed by atoms with Gasteiger partial charge in [-0.3, -0.25) is 24.5 Å². The summed E-state index contributed by atoms with van der Waals surface area (Å²) in [6.45, 7) is 7.72. The molecule has 0 bridgehead atoms. The third-order valence-corrected chi connectivity index (χ3v) is 7.79. The molecule has 0 spiro atoms. The molecule has 0 saturated carbocycles.